The van der Waals surface area contributed by atoms with Gasteiger partial charge in [0.1, 0.15) is 18.9 Å². The Morgan fingerprint density at radius 3 is 2.56 bits per heavy atom. The molecule has 0 spiro atoms. The third-order valence-electron chi connectivity index (χ3n) is 6.70. The molecular weight excluding hydrogens is 557 g/mol. The number of fused-ring (bicyclic) bond motifs is 1. The lowest BCUT2D eigenvalue weighted by atomic mass is 9.81. The zero-order valence-electron chi connectivity index (χ0n) is 22.2. The molecule has 0 radical (unpaired) electrons. The first kappa shape index (κ1) is 30.3. The number of hydrogen-bond donors (Lipinski definition) is 3. The maximum absolute atomic E-state index is 13.9. The summed E-state index contributed by atoms with van der Waals surface area (Å²) in [7, 11) is 0. The monoisotopic (exact) mass is 587 g/mol. The van der Waals surface area contributed by atoms with E-state index < -0.39 is 49.4 Å². The molecular formula is C25H30F5N7O4. The van der Waals surface area contributed by atoms with E-state index in [4.69, 9.17) is 0 Å². The van der Waals surface area contributed by atoms with Crippen molar-refractivity contribution in [3.8, 4) is 0 Å². The minimum Gasteiger partial charge on any atom is -0.369 e. The lowest BCUT2D eigenvalue weighted by Gasteiger charge is -2.33. The van der Waals surface area contributed by atoms with Crippen LogP contribution in [0.2, 0.25) is 0 Å². The maximum Gasteiger partial charge on any atom is 0.411 e. The van der Waals surface area contributed by atoms with Gasteiger partial charge in [-0.2, -0.15) is 23.4 Å². The number of ether oxygens (including phenoxy) is 1. The Bertz CT molecular complexity index is 1360. The van der Waals surface area contributed by atoms with Gasteiger partial charge in [-0.3, -0.25) is 14.3 Å². The summed E-state index contributed by atoms with van der Waals surface area (Å²) in [5, 5.41) is 23.7. The normalized spacial score (nSPS) is 17.5. The van der Waals surface area contributed by atoms with Crippen molar-refractivity contribution in [2.45, 2.75) is 69.9 Å². The van der Waals surface area contributed by atoms with E-state index in [2.05, 4.69) is 30.6 Å². The van der Waals surface area contributed by atoms with Gasteiger partial charge in [0, 0.05) is 30.6 Å². The quantitative estimate of drug-likeness (QED) is 0.244. The Hall–Kier alpha value is -3.66. The first-order chi connectivity index (χ1) is 19.2. The smallest absolute Gasteiger partial charge is 0.369 e. The molecule has 1 saturated carbocycles. The number of carbonyl (C=O) groups excluding carboxylic acids is 2. The highest BCUT2D eigenvalue weighted by atomic mass is 19.4. The van der Waals surface area contributed by atoms with Crippen LogP contribution in [0.3, 0.4) is 0 Å². The highest BCUT2D eigenvalue weighted by Gasteiger charge is 2.39. The van der Waals surface area contributed by atoms with Crippen molar-refractivity contribution in [1.82, 2.24) is 35.0 Å². The van der Waals surface area contributed by atoms with Gasteiger partial charge in [-0.25, -0.2) is 18.3 Å². The fraction of sp³-hybridized carbons (Fsp3) is 0.560. The fourth-order valence-electron chi connectivity index (χ4n) is 4.70. The molecule has 16 heteroatoms. The molecule has 0 unspecified atom stereocenters. The van der Waals surface area contributed by atoms with Crippen LogP contribution in [0.25, 0.3) is 5.65 Å². The van der Waals surface area contributed by atoms with Crippen LogP contribution in [-0.4, -0.2) is 66.6 Å². The van der Waals surface area contributed by atoms with Gasteiger partial charge in [-0.05, 0) is 44.7 Å². The van der Waals surface area contributed by atoms with Crippen molar-refractivity contribution in [2.75, 3.05) is 13.2 Å². The Morgan fingerprint density at radius 1 is 1.20 bits per heavy atom. The molecule has 0 saturated heterocycles. The van der Waals surface area contributed by atoms with Crippen LogP contribution in [0.5, 0.6) is 0 Å². The average Bonchev–Trinajstić information content (AvgIpc) is 3.54. The number of rotatable bonds is 10. The first-order valence-electron chi connectivity index (χ1n) is 12.9. The van der Waals surface area contributed by atoms with Crippen molar-refractivity contribution in [3.05, 3.63) is 47.7 Å². The van der Waals surface area contributed by atoms with Gasteiger partial charge in [0.15, 0.2) is 11.9 Å². The zero-order chi connectivity index (χ0) is 29.9. The predicted molar refractivity (Wildman–Crippen MR) is 133 cm³/mol. The second-order valence-electron chi connectivity index (χ2n) is 10.2. The number of halogens is 5. The first-order valence-corrected chi connectivity index (χ1v) is 12.9. The third-order valence-corrected chi connectivity index (χ3v) is 6.70. The van der Waals surface area contributed by atoms with Gasteiger partial charge in [-0.1, -0.05) is 0 Å². The number of nitrogens with one attached hydrogen (secondary N) is 2. The summed E-state index contributed by atoms with van der Waals surface area (Å²) in [6, 6.07) is 2.11. The summed E-state index contributed by atoms with van der Waals surface area (Å²) in [5.74, 6) is -4.56. The summed E-state index contributed by atoms with van der Waals surface area (Å²) in [6.07, 6.45) is -2.34. The number of imidazole rings is 1. The van der Waals surface area contributed by atoms with Crippen molar-refractivity contribution >= 4 is 17.5 Å². The number of aliphatic hydroxyl groups is 1. The van der Waals surface area contributed by atoms with Crippen LogP contribution < -0.4 is 10.6 Å². The largest absolute Gasteiger partial charge is 0.411 e. The number of aliphatic hydroxyl groups excluding tert-OH is 1. The van der Waals surface area contributed by atoms with Gasteiger partial charge in [-0.15, -0.1) is 0 Å². The second-order valence-corrected chi connectivity index (χ2v) is 10.2. The molecule has 3 aromatic rings. The Kier molecular flexibility index (Phi) is 8.91. The summed E-state index contributed by atoms with van der Waals surface area (Å²) in [6.45, 7) is 1.19. The van der Waals surface area contributed by atoms with E-state index in [1.807, 2.05) is 13.8 Å². The van der Waals surface area contributed by atoms with Crippen LogP contribution >= 0.6 is 0 Å². The van der Waals surface area contributed by atoms with Crippen molar-refractivity contribution in [3.63, 3.8) is 0 Å². The molecule has 3 N–H and O–H groups in total. The highest BCUT2D eigenvalue weighted by molar-refractivity contribution is 5.92. The fourth-order valence-corrected chi connectivity index (χ4v) is 4.70. The third kappa shape index (κ3) is 7.75. The molecule has 4 rings (SSSR count). The van der Waals surface area contributed by atoms with E-state index in [1.54, 1.807) is 10.7 Å². The van der Waals surface area contributed by atoms with Gasteiger partial charge in [0.25, 0.3) is 5.91 Å². The minimum atomic E-state index is -4.60. The lowest BCUT2D eigenvalue weighted by molar-refractivity contribution is -0.176. The van der Waals surface area contributed by atoms with Crippen molar-refractivity contribution < 1.29 is 41.4 Å². The highest BCUT2D eigenvalue weighted by Crippen LogP contribution is 2.41. The molecule has 41 heavy (non-hydrogen) atoms. The summed E-state index contributed by atoms with van der Waals surface area (Å²) >= 11 is 0. The molecule has 2 atom stereocenters. The summed E-state index contributed by atoms with van der Waals surface area (Å²) in [4.78, 5) is 29.6. The van der Waals surface area contributed by atoms with Gasteiger partial charge in [0.05, 0.1) is 24.1 Å². The van der Waals surface area contributed by atoms with E-state index in [-0.39, 0.29) is 48.9 Å². The van der Waals surface area contributed by atoms with E-state index in [1.165, 1.54) is 29.2 Å². The number of carbonyl (C=O) groups is 2. The molecule has 0 bridgehead atoms. The van der Waals surface area contributed by atoms with Gasteiger partial charge < -0.3 is 20.5 Å². The average molecular weight is 588 g/mol. The second kappa shape index (κ2) is 12.1. The van der Waals surface area contributed by atoms with Crippen LogP contribution in [-0.2, 0) is 9.53 Å². The van der Waals surface area contributed by atoms with Crippen LogP contribution in [0, 0.1) is 5.92 Å². The van der Waals surface area contributed by atoms with Crippen LogP contribution in [0.4, 0.5) is 22.0 Å². The molecule has 3 heterocycles. The SMILES string of the molecule is CC(C)n1nccc1C(=O)N[C@H](c1cn2ncc([C@@H](O)NC(=O)COCC(F)(F)F)cc2n1)C1CCC(F)(F)CC1. The summed E-state index contributed by atoms with van der Waals surface area (Å²) in [5.41, 5.74) is 0.950. The molecule has 0 aliphatic heterocycles. The number of nitrogens with zero attached hydrogens (tertiary/aromatic N) is 5. The Morgan fingerprint density at radius 2 is 1.90 bits per heavy atom. The molecule has 224 valence electrons. The van der Waals surface area contributed by atoms with E-state index in [0.29, 0.717) is 11.4 Å². The Labute approximate surface area is 231 Å². The molecule has 11 nitrogen and oxygen atoms in total. The van der Waals surface area contributed by atoms with E-state index >= 15 is 0 Å². The number of aromatic nitrogens is 5. The number of amides is 2. The van der Waals surface area contributed by atoms with Gasteiger partial charge >= 0.3 is 6.18 Å². The molecule has 1 aliphatic carbocycles. The molecule has 2 amide bonds. The van der Waals surface area contributed by atoms with Crippen LogP contribution in [0.1, 0.15) is 79.6 Å². The molecule has 3 aromatic heterocycles. The molecule has 1 aliphatic rings. The number of alkyl halides is 5. The topological polar surface area (TPSA) is 136 Å². The van der Waals surface area contributed by atoms with Crippen LogP contribution in [0.15, 0.2) is 30.7 Å². The summed E-state index contributed by atoms with van der Waals surface area (Å²) < 4.78 is 71.6. The zero-order valence-corrected chi connectivity index (χ0v) is 22.2. The van der Waals surface area contributed by atoms with Gasteiger partial charge in [0.2, 0.25) is 11.8 Å². The van der Waals surface area contributed by atoms with E-state index in [9.17, 15) is 36.6 Å². The van der Waals surface area contributed by atoms with Crippen molar-refractivity contribution in [1.29, 1.82) is 0 Å². The van der Waals surface area contributed by atoms with E-state index in [0.717, 1.165) is 0 Å². The minimum absolute atomic E-state index is 0.0811. The molecule has 1 fully saturated rings. The molecule has 0 aromatic carbocycles. The Balaban J connectivity index is 1.54. The number of hydrogen-bond acceptors (Lipinski definition) is 7. The van der Waals surface area contributed by atoms with Crippen molar-refractivity contribution in [2.24, 2.45) is 5.92 Å². The standard InChI is InChI=1S/C25H30F5N7O4/c1-14(2)37-18(5-8-31-37)23(40)35-21(15-3-6-24(26,27)7-4-15)17-11-36-19(33-17)9-16(10-32-36)22(39)34-20(38)12-41-13-25(28,29)30/h5,8-11,14-15,21-22,39H,3-4,6-7,12-13H2,1-2H3,(H,34,38)(H,35,40)/t21-,22+/m0/s1. The lowest BCUT2D eigenvalue weighted by Crippen LogP contribution is -2.38. The maximum atomic E-state index is 13.9. The predicted octanol–water partition coefficient (Wildman–Crippen LogP) is 3.49.